The summed E-state index contributed by atoms with van der Waals surface area (Å²) >= 11 is 0. The Labute approximate surface area is 100 Å². The van der Waals surface area contributed by atoms with Gasteiger partial charge in [-0.1, -0.05) is 0 Å². The summed E-state index contributed by atoms with van der Waals surface area (Å²) in [4.78, 5) is 13.7. The molecule has 94 valence electrons. The van der Waals surface area contributed by atoms with Crippen LogP contribution in [-0.2, 0) is 7.05 Å². The summed E-state index contributed by atoms with van der Waals surface area (Å²) in [6.07, 6.45) is -0.506. The van der Waals surface area contributed by atoms with Gasteiger partial charge in [0.15, 0.2) is 5.69 Å². The minimum Gasteiger partial charge on any atom is -0.390 e. The molecule has 0 aromatic carbocycles. The Hall–Kier alpha value is -1.40. The number of aliphatic hydroxyl groups is 1. The highest BCUT2D eigenvalue weighted by Gasteiger charge is 2.32. The highest BCUT2D eigenvalue weighted by molar-refractivity contribution is 5.92. The number of β-amino-alcohol motifs (C(OH)–C–C–N with tert-alkyl or cyclic N) is 1. The predicted molar refractivity (Wildman–Crippen MR) is 62.7 cm³/mol. The van der Waals surface area contributed by atoms with Crippen LogP contribution in [0.1, 0.15) is 16.2 Å². The number of rotatable bonds is 2. The van der Waals surface area contributed by atoms with Crippen LogP contribution in [0.15, 0.2) is 6.07 Å². The number of hydrogen-bond donors (Lipinski definition) is 2. The average molecular weight is 238 g/mol. The summed E-state index contributed by atoms with van der Waals surface area (Å²) in [5.74, 6) is -0.151. The van der Waals surface area contributed by atoms with Crippen LogP contribution < -0.4 is 5.32 Å². The van der Waals surface area contributed by atoms with Crippen molar-refractivity contribution in [1.29, 1.82) is 0 Å². The molecule has 2 rings (SSSR count). The van der Waals surface area contributed by atoms with E-state index < -0.39 is 6.10 Å². The molecule has 0 radical (unpaired) electrons. The number of carbonyl (C=O) groups is 1. The Balaban J connectivity index is 2.14. The molecule has 1 amide bonds. The van der Waals surface area contributed by atoms with Gasteiger partial charge in [-0.05, 0) is 13.0 Å². The molecule has 1 aliphatic heterocycles. The Bertz CT molecular complexity index is 410. The van der Waals surface area contributed by atoms with Crippen molar-refractivity contribution in [3.63, 3.8) is 0 Å². The summed E-state index contributed by atoms with van der Waals surface area (Å²) in [5.41, 5.74) is 1.36. The van der Waals surface area contributed by atoms with Crippen molar-refractivity contribution in [2.45, 2.75) is 19.1 Å². The highest BCUT2D eigenvalue weighted by Crippen LogP contribution is 2.12. The van der Waals surface area contributed by atoms with Gasteiger partial charge in [-0.25, -0.2) is 0 Å². The number of carbonyl (C=O) groups excluding carboxylic acids is 1. The maximum atomic E-state index is 12.2. The molecule has 1 aliphatic rings. The lowest BCUT2D eigenvalue weighted by atomic mass is 10.2. The molecule has 6 heteroatoms. The van der Waals surface area contributed by atoms with Gasteiger partial charge in [0, 0.05) is 32.9 Å². The first-order valence-corrected chi connectivity index (χ1v) is 5.67. The van der Waals surface area contributed by atoms with Crippen LogP contribution in [-0.4, -0.2) is 58.0 Å². The predicted octanol–water partition coefficient (Wildman–Crippen LogP) is -0.867. The van der Waals surface area contributed by atoms with Gasteiger partial charge in [-0.15, -0.1) is 0 Å². The van der Waals surface area contributed by atoms with Crippen LogP contribution in [0.2, 0.25) is 0 Å². The van der Waals surface area contributed by atoms with E-state index in [0.717, 1.165) is 5.69 Å². The van der Waals surface area contributed by atoms with Gasteiger partial charge in [0.25, 0.3) is 5.91 Å². The van der Waals surface area contributed by atoms with Crippen LogP contribution in [0.4, 0.5) is 0 Å². The zero-order valence-corrected chi connectivity index (χ0v) is 10.3. The van der Waals surface area contributed by atoms with E-state index in [9.17, 15) is 9.90 Å². The summed E-state index contributed by atoms with van der Waals surface area (Å²) < 4.78 is 1.67. The molecule has 0 saturated carbocycles. The standard InChI is InChI=1S/C11H18N4O2/c1-7-4-8(13-15(7)3)11(17)14(2)9-5-12-6-10(9)16/h4,9-10,12,16H,5-6H2,1-3H3/t9-,10-/m1/s1. The second kappa shape index (κ2) is 4.46. The number of amides is 1. The third kappa shape index (κ3) is 2.18. The van der Waals surface area contributed by atoms with Crippen molar-refractivity contribution < 1.29 is 9.90 Å². The highest BCUT2D eigenvalue weighted by atomic mass is 16.3. The Morgan fingerprint density at radius 2 is 2.35 bits per heavy atom. The molecule has 0 unspecified atom stereocenters. The van der Waals surface area contributed by atoms with Crippen molar-refractivity contribution in [3.05, 3.63) is 17.5 Å². The van der Waals surface area contributed by atoms with Crippen molar-refractivity contribution in [2.75, 3.05) is 20.1 Å². The fourth-order valence-corrected chi connectivity index (χ4v) is 2.04. The van der Waals surface area contributed by atoms with E-state index in [2.05, 4.69) is 10.4 Å². The summed E-state index contributed by atoms with van der Waals surface area (Å²) in [5, 5.41) is 16.9. The molecule has 2 atom stereocenters. The molecule has 2 N–H and O–H groups in total. The molecular weight excluding hydrogens is 220 g/mol. The first kappa shape index (κ1) is 12.1. The third-order valence-corrected chi connectivity index (χ3v) is 3.30. The number of aryl methyl sites for hydroxylation is 2. The number of nitrogens with one attached hydrogen (secondary N) is 1. The normalized spacial score (nSPS) is 24.0. The van der Waals surface area contributed by atoms with Gasteiger partial charge >= 0.3 is 0 Å². The van der Waals surface area contributed by atoms with Crippen LogP contribution in [0.3, 0.4) is 0 Å². The monoisotopic (exact) mass is 238 g/mol. The lowest BCUT2D eigenvalue weighted by molar-refractivity contribution is 0.0575. The van der Waals surface area contributed by atoms with Crippen molar-refractivity contribution in [2.24, 2.45) is 7.05 Å². The Morgan fingerprint density at radius 3 is 2.82 bits per heavy atom. The van der Waals surface area contributed by atoms with E-state index in [4.69, 9.17) is 0 Å². The summed E-state index contributed by atoms with van der Waals surface area (Å²) in [7, 11) is 3.51. The molecule has 1 aromatic rings. The molecular formula is C11H18N4O2. The zero-order valence-electron chi connectivity index (χ0n) is 10.3. The fraction of sp³-hybridized carbons (Fsp3) is 0.636. The van der Waals surface area contributed by atoms with Crippen molar-refractivity contribution >= 4 is 5.91 Å². The molecule has 2 heterocycles. The van der Waals surface area contributed by atoms with Crippen molar-refractivity contribution in [1.82, 2.24) is 20.0 Å². The first-order valence-electron chi connectivity index (χ1n) is 5.67. The SMILES string of the molecule is Cc1cc(C(=O)N(C)[C@@H]2CNC[C@H]2O)nn1C. The molecule has 17 heavy (non-hydrogen) atoms. The van der Waals surface area contributed by atoms with Crippen LogP contribution in [0.25, 0.3) is 0 Å². The van der Waals surface area contributed by atoms with Gasteiger partial charge in [-0.3, -0.25) is 9.48 Å². The molecule has 0 bridgehead atoms. The van der Waals surface area contributed by atoms with Crippen LogP contribution in [0.5, 0.6) is 0 Å². The third-order valence-electron chi connectivity index (χ3n) is 3.30. The number of likely N-dealkylation sites (N-methyl/N-ethyl adjacent to an activating group) is 1. The quantitative estimate of drug-likeness (QED) is 0.703. The van der Waals surface area contributed by atoms with Gasteiger partial charge < -0.3 is 15.3 Å². The number of aliphatic hydroxyl groups excluding tert-OH is 1. The molecule has 0 spiro atoms. The minimum atomic E-state index is -0.506. The number of aromatic nitrogens is 2. The lowest BCUT2D eigenvalue weighted by Gasteiger charge is -2.25. The Kier molecular flexibility index (Phi) is 3.17. The number of hydrogen-bond acceptors (Lipinski definition) is 4. The molecule has 1 saturated heterocycles. The number of nitrogens with zero attached hydrogens (tertiary/aromatic N) is 3. The Morgan fingerprint density at radius 1 is 1.65 bits per heavy atom. The van der Waals surface area contributed by atoms with E-state index in [-0.39, 0.29) is 11.9 Å². The summed E-state index contributed by atoms with van der Waals surface area (Å²) in [6.45, 7) is 3.05. The van der Waals surface area contributed by atoms with Crippen LogP contribution >= 0.6 is 0 Å². The van der Waals surface area contributed by atoms with Crippen molar-refractivity contribution in [3.8, 4) is 0 Å². The maximum Gasteiger partial charge on any atom is 0.274 e. The van der Waals surface area contributed by atoms with Gasteiger partial charge in [0.1, 0.15) is 0 Å². The topological polar surface area (TPSA) is 70.4 Å². The summed E-state index contributed by atoms with van der Waals surface area (Å²) in [6, 6.07) is 1.58. The molecule has 6 nitrogen and oxygen atoms in total. The minimum absolute atomic E-state index is 0.151. The molecule has 1 fully saturated rings. The van der Waals surface area contributed by atoms with Gasteiger partial charge in [0.05, 0.1) is 12.1 Å². The second-order valence-electron chi connectivity index (χ2n) is 4.50. The van der Waals surface area contributed by atoms with E-state index >= 15 is 0 Å². The van der Waals surface area contributed by atoms with E-state index in [1.807, 2.05) is 6.92 Å². The van der Waals surface area contributed by atoms with Gasteiger partial charge in [0.2, 0.25) is 0 Å². The van der Waals surface area contributed by atoms with Gasteiger partial charge in [-0.2, -0.15) is 5.10 Å². The van der Waals surface area contributed by atoms with E-state index in [0.29, 0.717) is 18.8 Å². The zero-order chi connectivity index (χ0) is 12.6. The average Bonchev–Trinajstić information content (AvgIpc) is 2.84. The second-order valence-corrected chi connectivity index (χ2v) is 4.50. The smallest absolute Gasteiger partial charge is 0.274 e. The van der Waals surface area contributed by atoms with E-state index in [1.165, 1.54) is 0 Å². The van der Waals surface area contributed by atoms with Crippen LogP contribution in [0, 0.1) is 6.92 Å². The maximum absolute atomic E-state index is 12.2. The fourth-order valence-electron chi connectivity index (χ4n) is 2.04. The first-order chi connectivity index (χ1) is 8.00. The molecule has 1 aromatic heterocycles. The molecule has 0 aliphatic carbocycles. The van der Waals surface area contributed by atoms with E-state index in [1.54, 1.807) is 29.7 Å². The lowest BCUT2D eigenvalue weighted by Crippen LogP contribution is -2.44. The largest absolute Gasteiger partial charge is 0.390 e.